The Labute approximate surface area is 219 Å². The lowest BCUT2D eigenvalue weighted by molar-refractivity contribution is -0.120. The van der Waals surface area contributed by atoms with Crippen molar-refractivity contribution in [1.82, 2.24) is 5.32 Å². The van der Waals surface area contributed by atoms with Crippen LogP contribution in [0.25, 0.3) is 0 Å². The Morgan fingerprint density at radius 1 is 1.00 bits per heavy atom. The van der Waals surface area contributed by atoms with Crippen LogP contribution < -0.4 is 14.4 Å². The highest BCUT2D eigenvalue weighted by atomic mass is 35.5. The van der Waals surface area contributed by atoms with E-state index in [2.05, 4.69) is 19.2 Å². The van der Waals surface area contributed by atoms with Gasteiger partial charge in [0.25, 0.3) is 10.0 Å². The fraction of sp³-hybridized carbons (Fsp3) is 0.321. The molecule has 1 unspecified atom stereocenters. The molecule has 36 heavy (non-hydrogen) atoms. The Balaban J connectivity index is 1.95. The number of carbonyl (C=O) groups is 1. The van der Waals surface area contributed by atoms with Gasteiger partial charge in [-0.1, -0.05) is 55.3 Å². The van der Waals surface area contributed by atoms with Gasteiger partial charge < -0.3 is 10.1 Å². The first-order chi connectivity index (χ1) is 17.0. The van der Waals surface area contributed by atoms with Crippen LogP contribution in [0.5, 0.6) is 5.75 Å². The fourth-order valence-electron chi connectivity index (χ4n) is 3.99. The molecular formula is C28H33ClN2O4S. The quantitative estimate of drug-likeness (QED) is 0.347. The summed E-state index contributed by atoms with van der Waals surface area (Å²) in [6, 6.07) is 18.8. The molecule has 0 aliphatic rings. The molecule has 3 aromatic carbocycles. The summed E-state index contributed by atoms with van der Waals surface area (Å²) in [5, 5.41) is 3.54. The van der Waals surface area contributed by atoms with E-state index in [4.69, 9.17) is 16.3 Å². The highest BCUT2D eigenvalue weighted by Crippen LogP contribution is 2.30. The molecule has 3 aromatic rings. The van der Waals surface area contributed by atoms with Crippen molar-refractivity contribution in [2.75, 3.05) is 18.0 Å². The third-order valence-corrected chi connectivity index (χ3v) is 7.89. The van der Waals surface area contributed by atoms with Crippen LogP contribution in [0, 0.1) is 19.8 Å². The molecule has 0 spiro atoms. The number of anilines is 1. The lowest BCUT2D eigenvalue weighted by Gasteiger charge is -2.27. The molecule has 0 saturated carbocycles. The van der Waals surface area contributed by atoms with E-state index in [9.17, 15) is 13.2 Å². The minimum Gasteiger partial charge on any atom is -0.497 e. The molecule has 1 N–H and O–H groups in total. The number of amides is 1. The second-order valence-electron chi connectivity index (χ2n) is 9.28. The van der Waals surface area contributed by atoms with E-state index in [0.717, 1.165) is 21.2 Å². The zero-order chi connectivity index (χ0) is 26.5. The topological polar surface area (TPSA) is 75.7 Å². The molecule has 1 amide bonds. The summed E-state index contributed by atoms with van der Waals surface area (Å²) in [6.45, 7) is 7.44. The summed E-state index contributed by atoms with van der Waals surface area (Å²) in [4.78, 5) is 13.5. The first-order valence-electron chi connectivity index (χ1n) is 11.8. The smallest absolute Gasteiger partial charge is 0.264 e. The standard InChI is InChI=1S/C28H33ClN2O4S/c1-19(2)16-26(22-8-11-24(35-5)12-9-22)30-28(32)18-31(27-15-10-23(29)17-21(27)4)36(33,34)25-13-6-20(3)7-14-25/h6-15,17,19,26H,16,18H2,1-5H3,(H,30,32). The maximum atomic E-state index is 13.7. The second kappa shape index (κ2) is 11.8. The molecule has 6 nitrogen and oxygen atoms in total. The van der Waals surface area contributed by atoms with E-state index in [-0.39, 0.29) is 17.5 Å². The number of carbonyl (C=O) groups excluding carboxylic acids is 1. The number of methoxy groups -OCH3 is 1. The predicted molar refractivity (Wildman–Crippen MR) is 145 cm³/mol. The van der Waals surface area contributed by atoms with E-state index in [0.29, 0.717) is 28.6 Å². The van der Waals surface area contributed by atoms with Gasteiger partial charge >= 0.3 is 0 Å². The first-order valence-corrected chi connectivity index (χ1v) is 13.6. The van der Waals surface area contributed by atoms with Gasteiger partial charge in [-0.3, -0.25) is 9.10 Å². The Hall–Kier alpha value is -3.03. The van der Waals surface area contributed by atoms with E-state index in [1.54, 1.807) is 56.5 Å². The van der Waals surface area contributed by atoms with Crippen molar-refractivity contribution >= 4 is 33.2 Å². The Morgan fingerprint density at radius 2 is 1.64 bits per heavy atom. The Morgan fingerprint density at radius 3 is 2.19 bits per heavy atom. The molecule has 0 aromatic heterocycles. The van der Waals surface area contributed by atoms with Crippen molar-refractivity contribution in [2.24, 2.45) is 5.92 Å². The molecule has 0 aliphatic carbocycles. The van der Waals surface area contributed by atoms with E-state index >= 15 is 0 Å². The molecule has 0 bridgehead atoms. The summed E-state index contributed by atoms with van der Waals surface area (Å²) < 4.78 is 33.8. The average molecular weight is 529 g/mol. The van der Waals surface area contributed by atoms with Crippen molar-refractivity contribution in [3.05, 3.63) is 88.4 Å². The summed E-state index contributed by atoms with van der Waals surface area (Å²) >= 11 is 6.13. The van der Waals surface area contributed by atoms with Crippen molar-refractivity contribution < 1.29 is 17.9 Å². The summed E-state index contributed by atoms with van der Waals surface area (Å²) in [5.41, 5.74) is 2.92. The third kappa shape index (κ3) is 6.80. The molecule has 8 heteroatoms. The van der Waals surface area contributed by atoms with Crippen LogP contribution in [0.4, 0.5) is 5.69 Å². The fourth-order valence-corrected chi connectivity index (χ4v) is 5.70. The van der Waals surface area contributed by atoms with Gasteiger partial charge in [-0.15, -0.1) is 0 Å². The molecule has 0 heterocycles. The van der Waals surface area contributed by atoms with Crippen LogP contribution in [-0.4, -0.2) is 28.0 Å². The van der Waals surface area contributed by atoms with Crippen LogP contribution in [0.3, 0.4) is 0 Å². The number of aryl methyl sites for hydroxylation is 2. The molecule has 0 fully saturated rings. The molecule has 192 valence electrons. The summed E-state index contributed by atoms with van der Waals surface area (Å²) in [6.07, 6.45) is 0.697. The number of sulfonamides is 1. The van der Waals surface area contributed by atoms with E-state index in [1.165, 1.54) is 0 Å². The van der Waals surface area contributed by atoms with Crippen LogP contribution >= 0.6 is 11.6 Å². The van der Waals surface area contributed by atoms with Crippen molar-refractivity contribution in [1.29, 1.82) is 0 Å². The number of hydrogen-bond acceptors (Lipinski definition) is 4. The zero-order valence-corrected chi connectivity index (χ0v) is 22.9. The van der Waals surface area contributed by atoms with Gasteiger partial charge in [0, 0.05) is 5.02 Å². The summed E-state index contributed by atoms with van der Waals surface area (Å²) in [5.74, 6) is 0.631. The van der Waals surface area contributed by atoms with Crippen LogP contribution in [0.2, 0.25) is 5.02 Å². The summed E-state index contributed by atoms with van der Waals surface area (Å²) in [7, 11) is -2.42. The van der Waals surface area contributed by atoms with Crippen molar-refractivity contribution in [3.8, 4) is 5.75 Å². The van der Waals surface area contributed by atoms with E-state index < -0.39 is 15.9 Å². The second-order valence-corrected chi connectivity index (χ2v) is 11.6. The predicted octanol–water partition coefficient (Wildman–Crippen LogP) is 6.06. The average Bonchev–Trinajstić information content (AvgIpc) is 2.82. The van der Waals surface area contributed by atoms with Crippen LogP contribution in [-0.2, 0) is 14.8 Å². The van der Waals surface area contributed by atoms with E-state index in [1.807, 2.05) is 31.2 Å². The van der Waals surface area contributed by atoms with Gasteiger partial charge in [-0.05, 0) is 79.8 Å². The largest absolute Gasteiger partial charge is 0.497 e. The minimum atomic E-state index is -4.02. The van der Waals surface area contributed by atoms with Gasteiger partial charge in [-0.25, -0.2) is 8.42 Å². The lowest BCUT2D eigenvalue weighted by atomic mass is 9.97. The first kappa shape index (κ1) is 27.6. The van der Waals surface area contributed by atoms with Gasteiger partial charge in [0.05, 0.1) is 23.7 Å². The number of nitrogens with zero attached hydrogens (tertiary/aromatic N) is 1. The molecular weight excluding hydrogens is 496 g/mol. The Kier molecular flexibility index (Phi) is 9.03. The third-order valence-electron chi connectivity index (χ3n) is 5.88. The van der Waals surface area contributed by atoms with Crippen LogP contribution in [0.15, 0.2) is 71.6 Å². The highest BCUT2D eigenvalue weighted by molar-refractivity contribution is 7.92. The monoisotopic (exact) mass is 528 g/mol. The van der Waals surface area contributed by atoms with Gasteiger partial charge in [0.1, 0.15) is 12.3 Å². The number of hydrogen-bond donors (Lipinski definition) is 1. The van der Waals surface area contributed by atoms with Gasteiger partial charge in [0.2, 0.25) is 5.91 Å². The number of ether oxygens (including phenoxy) is 1. The number of halogens is 1. The normalized spacial score (nSPS) is 12.3. The molecule has 0 aliphatic heterocycles. The maximum absolute atomic E-state index is 13.7. The van der Waals surface area contributed by atoms with Crippen LogP contribution in [0.1, 0.15) is 43.0 Å². The zero-order valence-electron chi connectivity index (χ0n) is 21.3. The number of rotatable bonds is 10. The number of nitrogens with one attached hydrogen (secondary N) is 1. The lowest BCUT2D eigenvalue weighted by Crippen LogP contribution is -2.42. The highest BCUT2D eigenvalue weighted by Gasteiger charge is 2.29. The molecule has 0 radical (unpaired) electrons. The molecule has 1 atom stereocenters. The minimum absolute atomic E-state index is 0.115. The SMILES string of the molecule is COc1ccc(C(CC(C)C)NC(=O)CN(c2ccc(Cl)cc2C)S(=O)(=O)c2ccc(C)cc2)cc1. The van der Waals surface area contributed by atoms with Crippen molar-refractivity contribution in [2.45, 2.75) is 45.1 Å². The maximum Gasteiger partial charge on any atom is 0.264 e. The Bertz CT molecular complexity index is 1290. The molecule has 3 rings (SSSR count). The van der Waals surface area contributed by atoms with Gasteiger partial charge in [-0.2, -0.15) is 0 Å². The van der Waals surface area contributed by atoms with Gasteiger partial charge in [0.15, 0.2) is 0 Å². The molecule has 0 saturated heterocycles. The van der Waals surface area contributed by atoms with Crippen molar-refractivity contribution in [3.63, 3.8) is 0 Å². The number of benzene rings is 3.